The minimum absolute atomic E-state index is 0.137. The van der Waals surface area contributed by atoms with Gasteiger partial charge in [-0.15, -0.1) is 0 Å². The molecule has 0 unspecified atom stereocenters. The first kappa shape index (κ1) is 22.0. The molecule has 0 aliphatic rings. The van der Waals surface area contributed by atoms with E-state index < -0.39 is 9.84 Å². The molecule has 0 bridgehead atoms. The number of carbonyl (C=O) groups is 1. The predicted molar refractivity (Wildman–Crippen MR) is 119 cm³/mol. The number of rotatable bonds is 6. The monoisotopic (exact) mass is 471 g/mol. The highest BCUT2D eigenvalue weighted by atomic mass is 35.5. The minimum Gasteiger partial charge on any atom is -0.308 e. The molecule has 29 heavy (non-hydrogen) atoms. The molecule has 3 aromatic rings. The Morgan fingerprint density at radius 3 is 2.52 bits per heavy atom. The third kappa shape index (κ3) is 4.90. The molecule has 0 N–H and O–H groups in total. The van der Waals surface area contributed by atoms with Crippen LogP contribution in [0.25, 0.3) is 10.2 Å². The van der Waals surface area contributed by atoms with Gasteiger partial charge in [0.25, 0.3) is 5.91 Å². The Hall–Kier alpha value is -1.71. The van der Waals surface area contributed by atoms with Gasteiger partial charge in [-0.2, -0.15) is 0 Å². The van der Waals surface area contributed by atoms with E-state index >= 15 is 0 Å². The van der Waals surface area contributed by atoms with E-state index in [1.54, 1.807) is 24.3 Å². The number of hydrogen-bond donors (Lipinski definition) is 0. The van der Waals surface area contributed by atoms with Gasteiger partial charge in [-0.25, -0.2) is 13.4 Å². The van der Waals surface area contributed by atoms with Crippen LogP contribution in [0, 0.1) is 0 Å². The lowest BCUT2D eigenvalue weighted by Gasteiger charge is -2.22. The Labute approximate surface area is 183 Å². The first-order chi connectivity index (χ1) is 13.6. The lowest BCUT2D eigenvalue weighted by atomic mass is 10.2. The van der Waals surface area contributed by atoms with Gasteiger partial charge in [-0.3, -0.25) is 9.69 Å². The molecule has 154 valence electrons. The Morgan fingerprint density at radius 2 is 1.86 bits per heavy atom. The summed E-state index contributed by atoms with van der Waals surface area (Å²) in [6.07, 6.45) is 1.14. The smallest absolute Gasteiger partial charge is 0.261 e. The van der Waals surface area contributed by atoms with Crippen LogP contribution < -0.4 is 4.90 Å². The fourth-order valence-electron chi connectivity index (χ4n) is 2.72. The average molecular weight is 472 g/mol. The van der Waals surface area contributed by atoms with E-state index in [1.807, 2.05) is 19.0 Å². The second-order valence-corrected chi connectivity index (χ2v) is 10.6. The standard InChI is InChI=1S/C19H19Cl2N3O3S2/c1-23(2)9-10-24(18(25)13-11-12(20)7-8-14(13)21)19-22-17-15(28-19)5-4-6-16(17)29(3,26)27/h4-8,11H,9-10H2,1-3H3. The number of aromatic nitrogens is 1. The van der Waals surface area contributed by atoms with Crippen molar-refractivity contribution in [3.8, 4) is 0 Å². The van der Waals surface area contributed by atoms with Gasteiger partial charge < -0.3 is 4.90 Å². The third-order valence-electron chi connectivity index (χ3n) is 4.18. The zero-order valence-electron chi connectivity index (χ0n) is 16.0. The molecule has 0 saturated heterocycles. The molecule has 0 aliphatic heterocycles. The highest BCUT2D eigenvalue weighted by molar-refractivity contribution is 7.91. The van der Waals surface area contributed by atoms with Gasteiger partial charge in [-0.05, 0) is 44.4 Å². The van der Waals surface area contributed by atoms with E-state index in [0.29, 0.717) is 33.5 Å². The van der Waals surface area contributed by atoms with Crippen molar-refractivity contribution < 1.29 is 13.2 Å². The van der Waals surface area contributed by atoms with Crippen LogP contribution in [0.2, 0.25) is 10.0 Å². The maximum absolute atomic E-state index is 13.3. The summed E-state index contributed by atoms with van der Waals surface area (Å²) < 4.78 is 24.9. The number of sulfone groups is 1. The number of anilines is 1. The highest BCUT2D eigenvalue weighted by Gasteiger charge is 2.25. The zero-order valence-corrected chi connectivity index (χ0v) is 19.2. The van der Waals surface area contributed by atoms with Crippen LogP contribution in [0.1, 0.15) is 10.4 Å². The second kappa shape index (κ2) is 8.57. The first-order valence-corrected chi connectivity index (χ1v) is 12.1. The van der Waals surface area contributed by atoms with Crippen LogP contribution in [-0.2, 0) is 9.84 Å². The van der Waals surface area contributed by atoms with E-state index in [9.17, 15) is 13.2 Å². The summed E-state index contributed by atoms with van der Waals surface area (Å²) in [5.41, 5.74) is 0.621. The maximum atomic E-state index is 13.3. The van der Waals surface area contributed by atoms with Gasteiger partial charge in [-0.1, -0.05) is 40.6 Å². The Kier molecular flexibility index (Phi) is 6.50. The van der Waals surface area contributed by atoms with Crippen molar-refractivity contribution in [3.63, 3.8) is 0 Å². The highest BCUT2D eigenvalue weighted by Crippen LogP contribution is 2.34. The van der Waals surface area contributed by atoms with Gasteiger partial charge in [0, 0.05) is 24.4 Å². The zero-order chi connectivity index (χ0) is 21.3. The summed E-state index contributed by atoms with van der Waals surface area (Å²) in [6, 6.07) is 9.67. The molecule has 10 heteroatoms. The van der Waals surface area contributed by atoms with Crippen LogP contribution in [0.5, 0.6) is 0 Å². The number of para-hydroxylation sites is 1. The Balaban J connectivity index is 2.12. The second-order valence-electron chi connectivity index (χ2n) is 6.76. The summed E-state index contributed by atoms with van der Waals surface area (Å²) in [5.74, 6) is -0.348. The van der Waals surface area contributed by atoms with Crippen LogP contribution in [0.4, 0.5) is 5.13 Å². The number of amides is 1. The lowest BCUT2D eigenvalue weighted by Crippen LogP contribution is -2.36. The van der Waals surface area contributed by atoms with E-state index in [0.717, 1.165) is 6.26 Å². The normalized spacial score (nSPS) is 11.9. The fourth-order valence-corrected chi connectivity index (χ4v) is 5.00. The molecule has 0 spiro atoms. The van der Waals surface area contributed by atoms with Crippen LogP contribution in [-0.4, -0.2) is 57.6 Å². The van der Waals surface area contributed by atoms with Crippen molar-refractivity contribution in [2.75, 3.05) is 38.3 Å². The lowest BCUT2D eigenvalue weighted by molar-refractivity contribution is 0.0985. The van der Waals surface area contributed by atoms with Crippen molar-refractivity contribution in [2.45, 2.75) is 4.90 Å². The van der Waals surface area contributed by atoms with Crippen molar-refractivity contribution in [1.29, 1.82) is 0 Å². The van der Waals surface area contributed by atoms with Crippen molar-refractivity contribution in [1.82, 2.24) is 9.88 Å². The number of carbonyl (C=O) groups excluding carboxylic acids is 1. The molecule has 0 fully saturated rings. The summed E-state index contributed by atoms with van der Waals surface area (Å²) in [5, 5.41) is 1.08. The number of hydrogen-bond acceptors (Lipinski definition) is 6. The minimum atomic E-state index is -3.46. The number of nitrogens with zero attached hydrogens (tertiary/aromatic N) is 3. The molecule has 1 aromatic heterocycles. The van der Waals surface area contributed by atoms with Gasteiger partial charge in [0.2, 0.25) is 0 Å². The topological polar surface area (TPSA) is 70.6 Å². The largest absolute Gasteiger partial charge is 0.308 e. The molecular weight excluding hydrogens is 453 g/mol. The molecule has 1 amide bonds. The molecule has 0 saturated carbocycles. The van der Waals surface area contributed by atoms with E-state index in [2.05, 4.69) is 4.98 Å². The third-order valence-corrected chi connectivity index (χ3v) is 6.91. The van der Waals surface area contributed by atoms with Gasteiger partial charge >= 0.3 is 0 Å². The molecule has 2 aromatic carbocycles. The van der Waals surface area contributed by atoms with Gasteiger partial charge in [0.15, 0.2) is 15.0 Å². The molecule has 0 atom stereocenters. The summed E-state index contributed by atoms with van der Waals surface area (Å²) >= 11 is 13.5. The predicted octanol–water partition coefficient (Wildman–Crippen LogP) is 4.22. The average Bonchev–Trinajstić information content (AvgIpc) is 3.06. The Bertz CT molecular complexity index is 1180. The van der Waals surface area contributed by atoms with Gasteiger partial charge in [0.1, 0.15) is 5.52 Å². The number of fused-ring (bicyclic) bond motifs is 1. The summed E-state index contributed by atoms with van der Waals surface area (Å²) in [7, 11) is 0.338. The maximum Gasteiger partial charge on any atom is 0.261 e. The van der Waals surface area contributed by atoms with Crippen LogP contribution >= 0.6 is 34.5 Å². The summed E-state index contributed by atoms with van der Waals surface area (Å²) in [4.78, 5) is 21.4. The van der Waals surface area contributed by atoms with Crippen molar-refractivity contribution in [3.05, 3.63) is 52.0 Å². The Morgan fingerprint density at radius 1 is 1.14 bits per heavy atom. The van der Waals surface area contributed by atoms with Crippen LogP contribution in [0.3, 0.4) is 0 Å². The number of benzene rings is 2. The molecule has 0 radical (unpaired) electrons. The number of likely N-dealkylation sites (N-methyl/N-ethyl adjacent to an activating group) is 1. The SMILES string of the molecule is CN(C)CCN(C(=O)c1cc(Cl)ccc1Cl)c1nc2c(S(C)(=O)=O)cccc2s1. The molecule has 3 rings (SSSR count). The molecule has 6 nitrogen and oxygen atoms in total. The first-order valence-electron chi connectivity index (χ1n) is 8.59. The number of thiazole rings is 1. The van der Waals surface area contributed by atoms with Crippen molar-refractivity contribution >= 4 is 65.6 Å². The number of halogens is 2. The molecule has 1 heterocycles. The molecular formula is C19H19Cl2N3O3S2. The van der Waals surface area contributed by atoms with E-state index in [1.165, 1.54) is 28.4 Å². The van der Waals surface area contributed by atoms with E-state index in [-0.39, 0.29) is 21.4 Å². The van der Waals surface area contributed by atoms with E-state index in [4.69, 9.17) is 23.2 Å². The molecule has 0 aliphatic carbocycles. The summed E-state index contributed by atoms with van der Waals surface area (Å²) in [6.45, 7) is 0.932. The van der Waals surface area contributed by atoms with Crippen molar-refractivity contribution in [2.24, 2.45) is 0 Å². The van der Waals surface area contributed by atoms with Gasteiger partial charge in [0.05, 0.1) is 20.2 Å². The fraction of sp³-hybridized carbons (Fsp3) is 0.263. The quantitative estimate of drug-likeness (QED) is 0.538. The van der Waals surface area contributed by atoms with Crippen LogP contribution in [0.15, 0.2) is 41.3 Å².